The van der Waals surface area contributed by atoms with Crippen molar-refractivity contribution in [3.8, 4) is 5.75 Å². The molecular weight excluding hydrogens is 609 g/mol. The van der Waals surface area contributed by atoms with Crippen LogP contribution in [0.15, 0.2) is 72.8 Å². The Morgan fingerprint density at radius 2 is 1.02 bits per heavy atom. The molecule has 0 amide bonds. The zero-order chi connectivity index (χ0) is 37.3. The molecule has 0 spiro atoms. The molecule has 3 aromatic carbocycles. The van der Waals surface area contributed by atoms with Gasteiger partial charge in [-0.2, -0.15) is 0 Å². The van der Waals surface area contributed by atoms with Crippen LogP contribution in [0.4, 0.5) is 0 Å². The van der Waals surface area contributed by atoms with E-state index in [2.05, 4.69) is 99.6 Å². The van der Waals surface area contributed by atoms with Gasteiger partial charge in [0.1, 0.15) is 5.75 Å². The number of carbonyl (C=O) groups excluding carboxylic acids is 1. The van der Waals surface area contributed by atoms with Gasteiger partial charge < -0.3 is 4.74 Å². The highest BCUT2D eigenvalue weighted by Crippen LogP contribution is 2.59. The van der Waals surface area contributed by atoms with E-state index in [1.807, 2.05) is 36.4 Å². The van der Waals surface area contributed by atoms with Crippen molar-refractivity contribution in [2.75, 3.05) is 0 Å². The molecule has 0 aliphatic rings. The maximum atomic E-state index is 10.8. The molecule has 50 heavy (non-hydrogen) atoms. The molecule has 0 fully saturated rings. The Kier molecular flexibility index (Phi) is 18.3. The van der Waals surface area contributed by atoms with E-state index in [0.717, 1.165) is 10.8 Å². The zero-order valence-corrected chi connectivity index (χ0v) is 34.4. The third-order valence-corrected chi connectivity index (χ3v) is 13.5. The first kappa shape index (κ1) is 43.6. The lowest BCUT2D eigenvalue weighted by Gasteiger charge is -2.53. The van der Waals surface area contributed by atoms with Crippen molar-refractivity contribution in [1.82, 2.24) is 0 Å². The first-order valence-electron chi connectivity index (χ1n) is 20.7. The van der Waals surface area contributed by atoms with Crippen LogP contribution in [0.1, 0.15) is 184 Å². The van der Waals surface area contributed by atoms with Gasteiger partial charge >= 0.3 is 5.97 Å². The standard InChI is InChI=1S/C36H66.C12H10O2/c1-11-26-35(19-9,20-10)30-36(28-33(13-3,14-4)15-5,29-34(16-6,17-7)18-8)27-31(12-2)32-24-22-21-23-25-32;1-9(13)14-12-8-4-6-10-5-2-3-7-11(10)12/h21-25,31H,11-20,26-30H2,1-10H3;2-8H,1H3. The Morgan fingerprint density at radius 1 is 0.560 bits per heavy atom. The van der Waals surface area contributed by atoms with Gasteiger partial charge in [-0.1, -0.05) is 194 Å². The van der Waals surface area contributed by atoms with Gasteiger partial charge in [0.15, 0.2) is 0 Å². The minimum Gasteiger partial charge on any atom is -0.426 e. The lowest BCUT2D eigenvalue weighted by atomic mass is 9.52. The quantitative estimate of drug-likeness (QED) is 0.0824. The van der Waals surface area contributed by atoms with Crippen molar-refractivity contribution < 1.29 is 9.53 Å². The van der Waals surface area contributed by atoms with Crippen LogP contribution in [0.5, 0.6) is 5.75 Å². The highest BCUT2D eigenvalue weighted by Gasteiger charge is 2.47. The minimum atomic E-state index is -0.290. The summed E-state index contributed by atoms with van der Waals surface area (Å²) in [7, 11) is 0. The second-order valence-corrected chi connectivity index (χ2v) is 15.9. The van der Waals surface area contributed by atoms with E-state index < -0.39 is 0 Å². The van der Waals surface area contributed by atoms with Gasteiger partial charge in [-0.05, 0) is 83.1 Å². The summed E-state index contributed by atoms with van der Waals surface area (Å²) >= 11 is 0. The monoisotopic (exact) mass is 685 g/mol. The second-order valence-electron chi connectivity index (χ2n) is 15.9. The lowest BCUT2D eigenvalue weighted by molar-refractivity contribution is -0.131. The van der Waals surface area contributed by atoms with Crippen molar-refractivity contribution in [3.05, 3.63) is 78.4 Å². The number of rotatable bonds is 21. The fourth-order valence-electron chi connectivity index (χ4n) is 9.70. The summed E-state index contributed by atoms with van der Waals surface area (Å²) in [5, 5.41) is 2.04. The third-order valence-electron chi connectivity index (χ3n) is 13.5. The van der Waals surface area contributed by atoms with E-state index in [-0.39, 0.29) is 5.97 Å². The van der Waals surface area contributed by atoms with E-state index in [9.17, 15) is 4.79 Å². The van der Waals surface area contributed by atoms with Gasteiger partial charge in [-0.25, -0.2) is 0 Å². The normalized spacial score (nSPS) is 13.1. The maximum absolute atomic E-state index is 10.8. The van der Waals surface area contributed by atoms with Gasteiger partial charge in [0.25, 0.3) is 0 Å². The predicted octanol–water partition coefficient (Wildman–Crippen LogP) is 15.5. The van der Waals surface area contributed by atoms with Crippen molar-refractivity contribution in [2.45, 2.75) is 178 Å². The summed E-state index contributed by atoms with van der Waals surface area (Å²) in [5.41, 5.74) is 3.38. The van der Waals surface area contributed by atoms with Crippen LogP contribution in [0.2, 0.25) is 0 Å². The van der Waals surface area contributed by atoms with E-state index >= 15 is 0 Å². The highest BCUT2D eigenvalue weighted by molar-refractivity contribution is 5.90. The zero-order valence-electron chi connectivity index (χ0n) is 34.4. The van der Waals surface area contributed by atoms with Gasteiger partial charge in [-0.3, -0.25) is 4.79 Å². The molecule has 0 aliphatic carbocycles. The highest BCUT2D eigenvalue weighted by atomic mass is 16.5. The number of carbonyl (C=O) groups is 1. The van der Waals surface area contributed by atoms with E-state index in [1.54, 1.807) is 11.6 Å². The molecule has 280 valence electrons. The van der Waals surface area contributed by atoms with Gasteiger partial charge in [-0.15, -0.1) is 0 Å². The summed E-state index contributed by atoms with van der Waals surface area (Å²) < 4.78 is 5.09. The van der Waals surface area contributed by atoms with Crippen molar-refractivity contribution in [3.63, 3.8) is 0 Å². The Morgan fingerprint density at radius 3 is 1.48 bits per heavy atom. The second kappa shape index (κ2) is 21.0. The Labute approximate surface area is 309 Å². The smallest absolute Gasteiger partial charge is 0.308 e. The van der Waals surface area contributed by atoms with Crippen LogP contribution in [-0.4, -0.2) is 5.97 Å². The fraction of sp³-hybridized carbons (Fsp3) is 0.646. The average molecular weight is 685 g/mol. The molecular formula is C48H76O2. The Bertz CT molecular complexity index is 1320. The average Bonchev–Trinajstić information content (AvgIpc) is 3.15. The van der Waals surface area contributed by atoms with Crippen LogP contribution in [0.3, 0.4) is 0 Å². The minimum absolute atomic E-state index is 0.290. The summed E-state index contributed by atoms with van der Waals surface area (Å²) in [6.07, 6.45) is 20.1. The molecule has 0 aliphatic heterocycles. The van der Waals surface area contributed by atoms with Crippen molar-refractivity contribution in [2.24, 2.45) is 21.7 Å². The molecule has 0 N–H and O–H groups in total. The van der Waals surface area contributed by atoms with Gasteiger partial charge in [0, 0.05) is 12.3 Å². The predicted molar refractivity (Wildman–Crippen MR) is 220 cm³/mol. The van der Waals surface area contributed by atoms with Crippen LogP contribution in [0.25, 0.3) is 10.8 Å². The molecule has 0 radical (unpaired) electrons. The lowest BCUT2D eigenvalue weighted by Crippen LogP contribution is -2.41. The van der Waals surface area contributed by atoms with Crippen LogP contribution < -0.4 is 4.74 Å². The maximum Gasteiger partial charge on any atom is 0.308 e. The number of ether oxygens (including phenoxy) is 1. The molecule has 0 heterocycles. The summed E-state index contributed by atoms with van der Waals surface area (Å²) in [4.78, 5) is 10.8. The Hall–Kier alpha value is -2.61. The molecule has 2 nitrogen and oxygen atoms in total. The largest absolute Gasteiger partial charge is 0.426 e. The molecule has 1 unspecified atom stereocenters. The number of fused-ring (bicyclic) bond motifs is 1. The SMILES string of the molecule is CC(=O)Oc1cccc2ccccc12.CCCC(CC)(CC)CC(CC(CC)c1ccccc1)(CC(CC)(CC)CC)CC(CC)(CC)CC. The van der Waals surface area contributed by atoms with Crippen LogP contribution in [-0.2, 0) is 4.79 Å². The number of benzene rings is 3. The molecule has 1 atom stereocenters. The summed E-state index contributed by atoms with van der Waals surface area (Å²) in [5.74, 6) is 0.989. The number of hydrogen-bond acceptors (Lipinski definition) is 2. The first-order chi connectivity index (χ1) is 24.0. The third kappa shape index (κ3) is 11.7. The van der Waals surface area contributed by atoms with Crippen LogP contribution >= 0.6 is 0 Å². The molecule has 0 bridgehead atoms. The molecule has 3 aromatic rings. The molecule has 0 saturated carbocycles. The topological polar surface area (TPSA) is 26.3 Å². The number of hydrogen-bond donors (Lipinski definition) is 0. The van der Waals surface area contributed by atoms with Crippen molar-refractivity contribution >= 4 is 16.7 Å². The molecule has 0 aromatic heterocycles. The summed E-state index contributed by atoms with van der Waals surface area (Å²) in [6, 6.07) is 25.0. The van der Waals surface area contributed by atoms with E-state index in [1.165, 1.54) is 103 Å². The van der Waals surface area contributed by atoms with Gasteiger partial charge in [0.05, 0.1) is 0 Å². The Balaban J connectivity index is 0.000000508. The van der Waals surface area contributed by atoms with Crippen molar-refractivity contribution in [1.29, 1.82) is 0 Å². The first-order valence-corrected chi connectivity index (χ1v) is 20.7. The molecule has 0 saturated heterocycles. The fourth-order valence-corrected chi connectivity index (χ4v) is 9.70. The molecule has 2 heteroatoms. The van der Waals surface area contributed by atoms with Crippen LogP contribution in [0, 0.1) is 21.7 Å². The van der Waals surface area contributed by atoms with E-state index in [4.69, 9.17) is 4.74 Å². The molecule has 3 rings (SSSR count). The number of esters is 1. The van der Waals surface area contributed by atoms with Gasteiger partial charge in [0.2, 0.25) is 0 Å². The van der Waals surface area contributed by atoms with E-state index in [0.29, 0.717) is 33.3 Å². The summed E-state index contributed by atoms with van der Waals surface area (Å²) in [6.45, 7) is 26.2.